The summed E-state index contributed by atoms with van der Waals surface area (Å²) in [4.78, 5) is 2.45. The van der Waals surface area contributed by atoms with Gasteiger partial charge in [-0.1, -0.05) is 85.0 Å². The molecule has 0 spiro atoms. The van der Waals surface area contributed by atoms with Crippen molar-refractivity contribution in [3.63, 3.8) is 0 Å². The van der Waals surface area contributed by atoms with E-state index in [1.54, 1.807) is 0 Å². The number of hydrogen-bond donors (Lipinski definition) is 0. The number of fused-ring (bicyclic) bond motifs is 7. The van der Waals surface area contributed by atoms with Crippen molar-refractivity contribution in [1.29, 1.82) is 0 Å². The molecular formula is C40H33N3. The van der Waals surface area contributed by atoms with Crippen molar-refractivity contribution in [3.05, 3.63) is 134 Å². The highest BCUT2D eigenvalue weighted by Gasteiger charge is 2.30. The Morgan fingerprint density at radius 2 is 1.26 bits per heavy atom. The van der Waals surface area contributed by atoms with Crippen LogP contribution in [0, 0.1) is 5.92 Å². The van der Waals surface area contributed by atoms with Crippen LogP contribution in [0.15, 0.2) is 134 Å². The fraction of sp³-hybridized carbons (Fsp3) is 0.150. The summed E-state index contributed by atoms with van der Waals surface area (Å²) in [5.41, 5.74) is 8.94. The van der Waals surface area contributed by atoms with Crippen molar-refractivity contribution in [2.75, 3.05) is 7.05 Å². The standard InChI is InChI=1S/C40H33N3/c1-41-35-16-8-5-11-27(35)21-24-40(41)43-37-18-10-7-15-32(37)34-26-29(20-23-39(34)43)28-19-22-38-33(25-28)31-14-6-9-17-36(31)42(38)30-12-3-2-4-13-30/h2-3,5-12,14-20,22-27,35H,4,13,21H2,1H3. The summed E-state index contributed by atoms with van der Waals surface area (Å²) < 4.78 is 4.94. The molecule has 43 heavy (non-hydrogen) atoms. The van der Waals surface area contributed by atoms with Crippen LogP contribution in [0.5, 0.6) is 0 Å². The second-order valence-electron chi connectivity index (χ2n) is 12.1. The van der Waals surface area contributed by atoms with Crippen LogP contribution in [0.1, 0.15) is 19.3 Å². The van der Waals surface area contributed by atoms with Crippen LogP contribution in [0.3, 0.4) is 0 Å². The van der Waals surface area contributed by atoms with E-state index in [4.69, 9.17) is 0 Å². The fourth-order valence-electron chi connectivity index (χ4n) is 7.70. The molecule has 1 aliphatic heterocycles. The number of likely N-dealkylation sites (N-methyl/N-ethyl adjacent to an activating group) is 1. The largest absolute Gasteiger partial charge is 0.354 e. The van der Waals surface area contributed by atoms with E-state index in [0.717, 1.165) is 19.3 Å². The number of benzene rings is 4. The van der Waals surface area contributed by atoms with Gasteiger partial charge in [-0.2, -0.15) is 0 Å². The van der Waals surface area contributed by atoms with Gasteiger partial charge in [-0.05, 0) is 78.9 Å². The summed E-state index contributed by atoms with van der Waals surface area (Å²) in [5, 5.41) is 5.21. The maximum absolute atomic E-state index is 2.47. The van der Waals surface area contributed by atoms with Crippen LogP contribution in [0.2, 0.25) is 0 Å². The molecule has 208 valence electrons. The summed E-state index contributed by atoms with van der Waals surface area (Å²) in [7, 11) is 2.24. The molecule has 2 aromatic heterocycles. The first-order chi connectivity index (χ1) is 21.3. The Kier molecular flexibility index (Phi) is 5.43. The lowest BCUT2D eigenvalue weighted by atomic mass is 9.88. The molecule has 2 atom stereocenters. The Morgan fingerprint density at radius 3 is 1.95 bits per heavy atom. The third-order valence-electron chi connectivity index (χ3n) is 9.78. The summed E-state index contributed by atoms with van der Waals surface area (Å²) >= 11 is 0. The van der Waals surface area contributed by atoms with Crippen molar-refractivity contribution in [2.24, 2.45) is 5.92 Å². The molecule has 3 aliphatic rings. The predicted octanol–water partition coefficient (Wildman–Crippen LogP) is 10.0. The highest BCUT2D eigenvalue weighted by Crippen LogP contribution is 2.40. The van der Waals surface area contributed by atoms with E-state index in [1.165, 1.54) is 66.3 Å². The summed E-state index contributed by atoms with van der Waals surface area (Å²) in [6.45, 7) is 0. The smallest absolute Gasteiger partial charge is 0.109 e. The highest BCUT2D eigenvalue weighted by molar-refractivity contribution is 6.13. The van der Waals surface area contributed by atoms with Gasteiger partial charge in [0.1, 0.15) is 5.82 Å². The quantitative estimate of drug-likeness (QED) is 0.212. The Bertz CT molecular complexity index is 2250. The first-order valence-corrected chi connectivity index (χ1v) is 15.5. The van der Waals surface area contributed by atoms with Crippen LogP contribution >= 0.6 is 0 Å². The Labute approximate surface area is 251 Å². The van der Waals surface area contributed by atoms with E-state index in [2.05, 4.69) is 155 Å². The summed E-state index contributed by atoms with van der Waals surface area (Å²) in [5.74, 6) is 1.80. The second-order valence-corrected chi connectivity index (χ2v) is 12.1. The third kappa shape index (κ3) is 3.67. The molecule has 2 unspecified atom stereocenters. The molecule has 2 aliphatic carbocycles. The van der Waals surface area contributed by atoms with E-state index < -0.39 is 0 Å². The summed E-state index contributed by atoms with van der Waals surface area (Å²) in [6.07, 6.45) is 21.4. The topological polar surface area (TPSA) is 13.1 Å². The molecule has 0 radical (unpaired) electrons. The average Bonchev–Trinajstić information content (AvgIpc) is 3.58. The normalized spacial score (nSPS) is 19.9. The van der Waals surface area contributed by atoms with Gasteiger partial charge in [0.2, 0.25) is 0 Å². The van der Waals surface area contributed by atoms with E-state index in [-0.39, 0.29) is 0 Å². The SMILES string of the molecule is CN1C(n2c3ccccc3c3cc(-c4ccc5c(c4)c4ccccc4n5C4=CC=CCC4)ccc32)=CCC2C=CC=CC21. The Hall–Kier alpha value is -5.02. The molecule has 9 rings (SSSR count). The lowest BCUT2D eigenvalue weighted by Crippen LogP contribution is -2.39. The van der Waals surface area contributed by atoms with Crippen LogP contribution in [0.4, 0.5) is 0 Å². The minimum Gasteiger partial charge on any atom is -0.354 e. The predicted molar refractivity (Wildman–Crippen MR) is 183 cm³/mol. The molecule has 4 aromatic carbocycles. The second kappa shape index (κ2) is 9.50. The zero-order chi connectivity index (χ0) is 28.5. The van der Waals surface area contributed by atoms with Gasteiger partial charge in [0.05, 0.1) is 28.1 Å². The number of allylic oxidation sites excluding steroid dienone is 7. The van der Waals surface area contributed by atoms with E-state index in [1.807, 2.05) is 0 Å². The lowest BCUT2D eigenvalue weighted by Gasteiger charge is -2.39. The molecule has 0 saturated carbocycles. The van der Waals surface area contributed by atoms with Crippen LogP contribution in [0.25, 0.3) is 66.3 Å². The lowest BCUT2D eigenvalue weighted by molar-refractivity contribution is 0.303. The van der Waals surface area contributed by atoms with Gasteiger partial charge in [-0.15, -0.1) is 0 Å². The molecule has 0 bridgehead atoms. The number of para-hydroxylation sites is 2. The molecule has 0 amide bonds. The van der Waals surface area contributed by atoms with Gasteiger partial charge in [-0.3, -0.25) is 4.57 Å². The Balaban J connectivity index is 1.21. The van der Waals surface area contributed by atoms with Gasteiger partial charge >= 0.3 is 0 Å². The van der Waals surface area contributed by atoms with Crippen LogP contribution in [-0.4, -0.2) is 27.1 Å². The van der Waals surface area contributed by atoms with Crippen molar-refractivity contribution in [3.8, 4) is 11.1 Å². The number of aromatic nitrogens is 2. The van der Waals surface area contributed by atoms with Gasteiger partial charge in [-0.25, -0.2) is 0 Å². The highest BCUT2D eigenvalue weighted by atomic mass is 15.3. The number of nitrogens with zero attached hydrogens (tertiary/aromatic N) is 3. The third-order valence-corrected chi connectivity index (χ3v) is 9.78. The van der Waals surface area contributed by atoms with Crippen molar-refractivity contribution >= 4 is 55.1 Å². The van der Waals surface area contributed by atoms with Crippen molar-refractivity contribution in [1.82, 2.24) is 14.0 Å². The fourth-order valence-corrected chi connectivity index (χ4v) is 7.70. The summed E-state index contributed by atoms with van der Waals surface area (Å²) in [6, 6.07) is 32.2. The molecule has 0 fully saturated rings. The molecule has 0 saturated heterocycles. The van der Waals surface area contributed by atoms with Crippen molar-refractivity contribution in [2.45, 2.75) is 25.3 Å². The van der Waals surface area contributed by atoms with Crippen LogP contribution < -0.4 is 0 Å². The van der Waals surface area contributed by atoms with E-state index in [0.29, 0.717) is 12.0 Å². The molecule has 0 N–H and O–H groups in total. The first kappa shape index (κ1) is 24.6. The molecule has 3 heterocycles. The van der Waals surface area contributed by atoms with Gasteiger partial charge in [0.15, 0.2) is 0 Å². The van der Waals surface area contributed by atoms with Crippen molar-refractivity contribution < 1.29 is 0 Å². The minimum absolute atomic E-state index is 0.384. The van der Waals surface area contributed by atoms with Gasteiger partial charge < -0.3 is 9.47 Å². The maximum Gasteiger partial charge on any atom is 0.109 e. The zero-order valence-corrected chi connectivity index (χ0v) is 24.3. The van der Waals surface area contributed by atoms with Gasteiger partial charge in [0.25, 0.3) is 0 Å². The molecule has 6 aromatic rings. The maximum atomic E-state index is 2.47. The first-order valence-electron chi connectivity index (χ1n) is 15.5. The number of hydrogen-bond acceptors (Lipinski definition) is 1. The van der Waals surface area contributed by atoms with Gasteiger partial charge in [0, 0.05) is 40.2 Å². The zero-order valence-electron chi connectivity index (χ0n) is 24.3. The number of rotatable bonds is 3. The Morgan fingerprint density at radius 1 is 0.628 bits per heavy atom. The average molecular weight is 556 g/mol. The van der Waals surface area contributed by atoms with Crippen LogP contribution in [-0.2, 0) is 0 Å². The van der Waals surface area contributed by atoms with E-state index >= 15 is 0 Å². The monoisotopic (exact) mass is 555 g/mol. The van der Waals surface area contributed by atoms with E-state index in [9.17, 15) is 0 Å². The molecule has 3 nitrogen and oxygen atoms in total. The molecule has 3 heteroatoms. The minimum atomic E-state index is 0.384. The molecular weight excluding hydrogens is 522 g/mol.